The summed E-state index contributed by atoms with van der Waals surface area (Å²) in [5, 5.41) is 17.2. The lowest BCUT2D eigenvalue weighted by Crippen LogP contribution is -2.49. The van der Waals surface area contributed by atoms with E-state index in [1.54, 1.807) is 71.2 Å². The van der Waals surface area contributed by atoms with E-state index in [1.807, 2.05) is 28.2 Å². The predicted octanol–water partition coefficient (Wildman–Crippen LogP) is -1.01. The highest BCUT2D eigenvalue weighted by Crippen LogP contribution is 2.09. The van der Waals surface area contributed by atoms with Crippen LogP contribution in [0.25, 0.3) is 0 Å². The molecule has 60 heavy (non-hydrogen) atoms. The minimum atomic E-state index is -0.774. The Hall–Kier alpha value is -4.50. The fraction of sp³-hybridized carbons (Fsp3) is 0.700. The molecule has 1 heterocycles. The molecule has 0 saturated carbocycles. The summed E-state index contributed by atoms with van der Waals surface area (Å²) in [5.41, 5.74) is 0.323. The van der Waals surface area contributed by atoms with Crippen molar-refractivity contribution in [2.45, 2.75) is 63.5 Å². The summed E-state index contributed by atoms with van der Waals surface area (Å²) in [5.74, 6) is -1.73. The van der Waals surface area contributed by atoms with Crippen LogP contribution in [0.2, 0.25) is 0 Å². The molecule has 0 aliphatic rings. The van der Waals surface area contributed by atoms with Crippen LogP contribution >= 0.6 is 12.2 Å². The number of amides is 7. The van der Waals surface area contributed by atoms with E-state index >= 15 is 0 Å². The topological polar surface area (TPSA) is 224 Å². The number of likely N-dealkylation sites (N-methyl/N-ethyl adjacent to an activating group) is 4. The van der Waals surface area contributed by atoms with Gasteiger partial charge in [-0.1, -0.05) is 12.2 Å². The van der Waals surface area contributed by atoms with Crippen molar-refractivity contribution in [3.8, 4) is 0 Å². The van der Waals surface area contributed by atoms with E-state index in [0.29, 0.717) is 74.5 Å². The zero-order valence-corrected chi connectivity index (χ0v) is 37.9. The number of rotatable bonds is 31. The molecule has 2 unspecified atom stereocenters. The van der Waals surface area contributed by atoms with Crippen LogP contribution in [0.15, 0.2) is 18.5 Å². The average Bonchev–Trinajstić information content (AvgIpc) is 3.14. The second kappa shape index (κ2) is 30.5. The Balaban J connectivity index is 2.86. The Kier molecular flexibility index (Phi) is 27.2. The van der Waals surface area contributed by atoms with Gasteiger partial charge in [-0.05, 0) is 114 Å². The van der Waals surface area contributed by atoms with Gasteiger partial charge >= 0.3 is 0 Å². The number of hydrogen-bond acceptors (Lipinski definition) is 12. The number of carbonyl (C=O) groups is 7. The summed E-state index contributed by atoms with van der Waals surface area (Å²) in [6.45, 7) is 2.73. The molecule has 19 nitrogen and oxygen atoms in total. The van der Waals surface area contributed by atoms with Gasteiger partial charge in [0.25, 0.3) is 5.91 Å². The Bertz CT molecular complexity index is 1480. The minimum Gasteiger partial charge on any atom is -0.367 e. The summed E-state index contributed by atoms with van der Waals surface area (Å²) < 4.78 is 0.382. The predicted molar refractivity (Wildman–Crippen MR) is 235 cm³/mol. The molecule has 7 N–H and O–H groups in total. The molecule has 1 rings (SSSR count). The first kappa shape index (κ1) is 53.5. The molecule has 0 fully saturated rings. The van der Waals surface area contributed by atoms with E-state index in [1.165, 1.54) is 0 Å². The fourth-order valence-corrected chi connectivity index (χ4v) is 6.17. The number of nitrogens with zero attached hydrogens (tertiary/aromatic N) is 5. The van der Waals surface area contributed by atoms with Gasteiger partial charge in [0.1, 0.15) is 12.1 Å². The van der Waals surface area contributed by atoms with Crippen molar-refractivity contribution in [3.05, 3.63) is 28.5 Å². The average molecular weight is 865 g/mol. The monoisotopic (exact) mass is 865 g/mol. The van der Waals surface area contributed by atoms with Gasteiger partial charge < -0.3 is 61.4 Å². The van der Waals surface area contributed by atoms with Crippen LogP contribution in [0.1, 0.15) is 61.7 Å². The summed E-state index contributed by atoms with van der Waals surface area (Å²) in [6, 6.07) is 0.0836. The molecule has 1 aromatic rings. The number of nitrogens with one attached hydrogen (secondary N) is 7. The largest absolute Gasteiger partial charge is 0.367 e. The van der Waals surface area contributed by atoms with Crippen molar-refractivity contribution in [2.75, 3.05) is 122 Å². The zero-order valence-electron chi connectivity index (χ0n) is 37.1. The number of hydrogen-bond donors (Lipinski definition) is 7. The first-order valence-electron chi connectivity index (χ1n) is 20.6. The number of pyridine rings is 1. The number of unbranched alkanes of at least 4 members (excludes halogenated alkanes) is 2. The van der Waals surface area contributed by atoms with Gasteiger partial charge in [0, 0.05) is 51.7 Å². The maximum absolute atomic E-state index is 13.7. The molecule has 0 saturated heterocycles. The van der Waals surface area contributed by atoms with Gasteiger partial charge in [0.2, 0.25) is 35.4 Å². The summed E-state index contributed by atoms with van der Waals surface area (Å²) in [4.78, 5) is 101. The van der Waals surface area contributed by atoms with E-state index in [-0.39, 0.29) is 93.7 Å². The second-order valence-electron chi connectivity index (χ2n) is 15.9. The van der Waals surface area contributed by atoms with Gasteiger partial charge in [-0.15, -0.1) is 0 Å². The van der Waals surface area contributed by atoms with Crippen molar-refractivity contribution in [2.24, 2.45) is 0 Å². The van der Waals surface area contributed by atoms with Crippen LogP contribution in [-0.2, 0) is 28.8 Å². The van der Waals surface area contributed by atoms with Crippen molar-refractivity contribution < 1.29 is 33.6 Å². The lowest BCUT2D eigenvalue weighted by molar-refractivity contribution is -0.129. The molecular weight excluding hydrogens is 793 g/mol. The third kappa shape index (κ3) is 25.2. The minimum absolute atomic E-state index is 0.0860. The van der Waals surface area contributed by atoms with Crippen LogP contribution in [-0.4, -0.2) is 205 Å². The molecule has 0 bridgehead atoms. The Morgan fingerprint density at radius 3 is 1.32 bits per heavy atom. The highest BCUT2D eigenvalue weighted by Gasteiger charge is 2.23. The quantitative estimate of drug-likeness (QED) is 0.0353. The molecule has 0 aliphatic carbocycles. The molecule has 0 radical (unpaired) electrons. The first-order valence-corrected chi connectivity index (χ1v) is 21.0. The van der Waals surface area contributed by atoms with Crippen molar-refractivity contribution in [1.82, 2.24) is 61.4 Å². The maximum atomic E-state index is 13.7. The van der Waals surface area contributed by atoms with E-state index in [0.717, 1.165) is 0 Å². The molecule has 7 amide bonds. The molecule has 0 spiro atoms. The Labute approximate surface area is 361 Å². The normalized spacial score (nSPS) is 12.2. The van der Waals surface area contributed by atoms with Gasteiger partial charge in [0.05, 0.1) is 36.3 Å². The second-order valence-corrected chi connectivity index (χ2v) is 16.3. The van der Waals surface area contributed by atoms with Crippen LogP contribution in [0, 0.1) is 4.51 Å². The Morgan fingerprint density at radius 1 is 0.550 bits per heavy atom. The molecule has 2 atom stereocenters. The summed E-state index contributed by atoms with van der Waals surface area (Å²) in [6.07, 6.45) is 7.21. The fourth-order valence-electron chi connectivity index (χ4n) is 5.96. The van der Waals surface area contributed by atoms with Crippen LogP contribution in [0.3, 0.4) is 0 Å². The van der Waals surface area contributed by atoms with E-state index < -0.39 is 12.1 Å². The number of carbonyl (C=O) groups excluding carboxylic acids is 7. The Morgan fingerprint density at radius 2 is 0.933 bits per heavy atom. The SMILES string of the molecule is CN(C)CC(=O)NCCCCC(NC(=O)CN(C)C)C(=O)NCCCN(CCCNC(=O)C(CCCCNC(=O)CN(C)C)NC(=O)CN(C)C)C(=O)c1c[nH]ccc1=S. The van der Waals surface area contributed by atoms with Gasteiger partial charge in [-0.25, -0.2) is 0 Å². The summed E-state index contributed by atoms with van der Waals surface area (Å²) in [7, 11) is 14.3. The first-order chi connectivity index (χ1) is 28.4. The lowest BCUT2D eigenvalue weighted by Gasteiger charge is -2.24. The van der Waals surface area contributed by atoms with Gasteiger partial charge in [0.15, 0.2) is 0 Å². The number of aromatic amines is 1. The maximum Gasteiger partial charge on any atom is 0.256 e. The highest BCUT2D eigenvalue weighted by atomic mass is 32.1. The smallest absolute Gasteiger partial charge is 0.256 e. The van der Waals surface area contributed by atoms with Gasteiger partial charge in [-0.3, -0.25) is 33.6 Å². The van der Waals surface area contributed by atoms with E-state index in [4.69, 9.17) is 12.2 Å². The lowest BCUT2D eigenvalue weighted by atomic mass is 10.1. The molecular formula is C40H72N12O7S. The molecule has 0 aliphatic heterocycles. The molecule has 0 aromatic carbocycles. The van der Waals surface area contributed by atoms with E-state index in [9.17, 15) is 33.6 Å². The summed E-state index contributed by atoms with van der Waals surface area (Å²) >= 11 is 5.42. The standard InChI is InChI=1S/C40H72N12O7S/c1-48(2)26-34(53)42-18-11-9-15-31(46-36(55)28-50(5)6)38(57)44-20-13-23-52(40(59)30-25-41-22-17-33(30)60)24-14-21-45-39(58)32(47-37(56)29-51(7)8)16-10-12-19-43-35(54)27-49(3)4/h17,22,25,31-32H,9-16,18-21,23-24,26-29H2,1-8H3,(H,41,60)(H,42,53)(H,43,54)(H,44,57)(H,45,58)(H,46,55)(H,47,56). The van der Waals surface area contributed by atoms with Crippen LogP contribution in [0.4, 0.5) is 0 Å². The van der Waals surface area contributed by atoms with Crippen molar-refractivity contribution in [1.29, 1.82) is 0 Å². The molecule has 20 heteroatoms. The zero-order chi connectivity index (χ0) is 45.0. The van der Waals surface area contributed by atoms with Gasteiger partial charge in [-0.2, -0.15) is 0 Å². The van der Waals surface area contributed by atoms with Crippen LogP contribution < -0.4 is 31.9 Å². The van der Waals surface area contributed by atoms with Crippen molar-refractivity contribution >= 4 is 53.6 Å². The highest BCUT2D eigenvalue weighted by molar-refractivity contribution is 7.71. The van der Waals surface area contributed by atoms with Crippen molar-refractivity contribution in [3.63, 3.8) is 0 Å². The number of aromatic nitrogens is 1. The third-order valence-corrected chi connectivity index (χ3v) is 9.13. The van der Waals surface area contributed by atoms with Crippen LogP contribution in [0.5, 0.6) is 0 Å². The molecule has 340 valence electrons. The number of H-pyrrole nitrogens is 1. The third-order valence-electron chi connectivity index (χ3n) is 8.78. The van der Waals surface area contributed by atoms with E-state index in [2.05, 4.69) is 36.9 Å². The molecule has 1 aromatic heterocycles.